The van der Waals surface area contributed by atoms with Crippen molar-refractivity contribution in [2.24, 2.45) is 5.92 Å². The Morgan fingerprint density at radius 1 is 1.44 bits per heavy atom. The van der Waals surface area contributed by atoms with Crippen molar-refractivity contribution >= 4 is 29.2 Å². The number of hydrogen-bond donors (Lipinski definition) is 2. The molecule has 5 nitrogen and oxygen atoms in total. The van der Waals surface area contributed by atoms with Crippen LogP contribution in [-0.4, -0.2) is 31.1 Å². The molecule has 0 radical (unpaired) electrons. The molecule has 0 saturated carbocycles. The molecule has 0 spiro atoms. The number of hydrogen-bond acceptors (Lipinski definition) is 4. The number of rotatable bonds is 8. The Kier molecular flexibility index (Phi) is 7.12. The minimum Gasteiger partial charge on any atom is -0.469 e. The van der Waals surface area contributed by atoms with Gasteiger partial charge in [0.05, 0.1) is 13.0 Å². The first kappa shape index (κ1) is 19.6. The number of methoxy groups -OCH3 is 1. The molecule has 0 fully saturated rings. The van der Waals surface area contributed by atoms with Crippen LogP contribution >= 0.6 is 11.6 Å². The molecule has 1 unspecified atom stereocenters. The zero-order valence-corrected chi connectivity index (χ0v) is 15.9. The maximum atomic E-state index is 12.5. The molecule has 0 saturated heterocycles. The molecule has 1 aromatic rings. The molecule has 0 aliphatic carbocycles. The number of carbonyl (C=O) groups is 2. The van der Waals surface area contributed by atoms with Crippen LogP contribution in [0.1, 0.15) is 45.1 Å². The molecule has 1 aliphatic heterocycles. The maximum Gasteiger partial charge on any atom is 0.308 e. The highest BCUT2D eigenvalue weighted by molar-refractivity contribution is 6.30. The van der Waals surface area contributed by atoms with Gasteiger partial charge in [-0.25, -0.2) is 0 Å². The molecule has 6 heteroatoms. The van der Waals surface area contributed by atoms with Crippen molar-refractivity contribution in [1.29, 1.82) is 0 Å². The number of anilines is 1. The van der Waals surface area contributed by atoms with Gasteiger partial charge in [-0.1, -0.05) is 31.4 Å². The average Bonchev–Trinajstić information content (AvgIpc) is 3.01. The summed E-state index contributed by atoms with van der Waals surface area (Å²) in [6.07, 6.45) is 3.99. The van der Waals surface area contributed by atoms with Crippen LogP contribution in [0.2, 0.25) is 5.02 Å². The van der Waals surface area contributed by atoms with Crippen LogP contribution in [0.5, 0.6) is 0 Å². The molecule has 0 aromatic heterocycles. The van der Waals surface area contributed by atoms with Crippen molar-refractivity contribution in [3.05, 3.63) is 28.8 Å². The molecule has 3 atom stereocenters. The topological polar surface area (TPSA) is 67.4 Å². The summed E-state index contributed by atoms with van der Waals surface area (Å²) in [5.74, 6) is -0.428. The predicted octanol–water partition coefficient (Wildman–Crippen LogP) is 3.55. The smallest absolute Gasteiger partial charge is 0.308 e. The third-order valence-corrected chi connectivity index (χ3v) is 4.84. The first-order chi connectivity index (χ1) is 11.9. The second kappa shape index (κ2) is 9.09. The second-order valence-corrected chi connectivity index (χ2v) is 7.15. The fourth-order valence-corrected chi connectivity index (χ4v) is 3.46. The summed E-state index contributed by atoms with van der Waals surface area (Å²) in [6.45, 7) is 4.02. The lowest BCUT2D eigenvalue weighted by Crippen LogP contribution is -2.44. The van der Waals surface area contributed by atoms with Crippen molar-refractivity contribution in [3.8, 4) is 0 Å². The van der Waals surface area contributed by atoms with Gasteiger partial charge in [-0.05, 0) is 43.5 Å². The van der Waals surface area contributed by atoms with Crippen LogP contribution in [0.15, 0.2) is 18.2 Å². The Morgan fingerprint density at radius 3 is 2.88 bits per heavy atom. The van der Waals surface area contributed by atoms with Gasteiger partial charge in [0, 0.05) is 23.2 Å². The van der Waals surface area contributed by atoms with Crippen molar-refractivity contribution in [1.82, 2.24) is 5.32 Å². The third-order valence-electron chi connectivity index (χ3n) is 4.60. The van der Waals surface area contributed by atoms with Gasteiger partial charge in [0.15, 0.2) is 0 Å². The van der Waals surface area contributed by atoms with Gasteiger partial charge in [0.2, 0.25) is 5.91 Å². The molecular weight excluding hydrogens is 340 g/mol. The maximum absolute atomic E-state index is 12.5. The van der Waals surface area contributed by atoms with Gasteiger partial charge in [0.1, 0.15) is 6.04 Å². The first-order valence-electron chi connectivity index (χ1n) is 8.87. The van der Waals surface area contributed by atoms with Gasteiger partial charge < -0.3 is 15.4 Å². The molecule has 1 aromatic carbocycles. The SMILES string of the molecule is CCCC[C@@H](C[C@@H](C)NC(=O)C1Cc2cc(Cl)ccc2N1)C(=O)OC. The molecule has 1 amide bonds. The standard InChI is InChI=1S/C19H27ClN2O3/c1-4-5-6-13(19(24)25-3)9-12(2)21-18(23)17-11-14-10-15(20)7-8-16(14)22-17/h7-8,10,12-13,17,22H,4-6,9,11H2,1-3H3,(H,21,23)/t12-,13+,17?/m1/s1. The lowest BCUT2D eigenvalue weighted by atomic mass is 9.95. The number of amides is 1. The Bertz CT molecular complexity index is 621. The molecule has 1 aliphatic rings. The number of fused-ring (bicyclic) bond motifs is 1. The van der Waals surface area contributed by atoms with E-state index in [9.17, 15) is 9.59 Å². The molecule has 0 bridgehead atoms. The van der Waals surface area contributed by atoms with E-state index >= 15 is 0 Å². The normalized spacial score (nSPS) is 18.0. The van der Waals surface area contributed by atoms with Crippen LogP contribution < -0.4 is 10.6 Å². The summed E-state index contributed by atoms with van der Waals surface area (Å²) >= 11 is 6.01. The number of carbonyl (C=O) groups excluding carboxylic acids is 2. The van der Waals surface area contributed by atoms with E-state index in [4.69, 9.17) is 16.3 Å². The highest BCUT2D eigenvalue weighted by Gasteiger charge is 2.29. The summed E-state index contributed by atoms with van der Waals surface area (Å²) in [5, 5.41) is 6.91. The Labute approximate surface area is 154 Å². The van der Waals surface area contributed by atoms with Crippen molar-refractivity contribution in [2.45, 2.75) is 58.0 Å². The lowest BCUT2D eigenvalue weighted by Gasteiger charge is -2.21. The van der Waals surface area contributed by atoms with E-state index in [1.807, 2.05) is 25.1 Å². The summed E-state index contributed by atoms with van der Waals surface area (Å²) in [7, 11) is 1.41. The largest absolute Gasteiger partial charge is 0.469 e. The number of esters is 1. The van der Waals surface area contributed by atoms with Crippen LogP contribution in [0.4, 0.5) is 5.69 Å². The minimum atomic E-state index is -0.303. The van der Waals surface area contributed by atoms with Gasteiger partial charge in [0.25, 0.3) is 0 Å². The summed E-state index contributed by atoms with van der Waals surface area (Å²) in [6, 6.07) is 5.20. The Morgan fingerprint density at radius 2 is 2.20 bits per heavy atom. The fraction of sp³-hybridized carbons (Fsp3) is 0.579. The number of nitrogens with one attached hydrogen (secondary N) is 2. The molecule has 138 valence electrons. The second-order valence-electron chi connectivity index (χ2n) is 6.71. The highest BCUT2D eigenvalue weighted by Crippen LogP contribution is 2.28. The molecule has 25 heavy (non-hydrogen) atoms. The van der Waals surface area contributed by atoms with Gasteiger partial charge in [-0.2, -0.15) is 0 Å². The third kappa shape index (κ3) is 5.36. The number of unbranched alkanes of at least 4 members (excludes halogenated alkanes) is 1. The van der Waals surface area contributed by atoms with Gasteiger partial charge >= 0.3 is 5.97 Å². The molecule has 2 rings (SSSR count). The highest BCUT2D eigenvalue weighted by atomic mass is 35.5. The minimum absolute atomic E-state index is 0.0565. The van der Waals surface area contributed by atoms with E-state index in [2.05, 4.69) is 17.6 Å². The van der Waals surface area contributed by atoms with E-state index in [1.165, 1.54) is 7.11 Å². The number of halogens is 1. The number of ether oxygens (including phenoxy) is 1. The quantitative estimate of drug-likeness (QED) is 0.690. The Balaban J connectivity index is 1.88. The van der Waals surface area contributed by atoms with Crippen LogP contribution in [0.3, 0.4) is 0 Å². The van der Waals surface area contributed by atoms with E-state index in [1.54, 1.807) is 0 Å². The lowest BCUT2D eigenvalue weighted by molar-refractivity contribution is -0.146. The van der Waals surface area contributed by atoms with Crippen molar-refractivity contribution in [3.63, 3.8) is 0 Å². The van der Waals surface area contributed by atoms with Gasteiger partial charge in [-0.15, -0.1) is 0 Å². The average molecular weight is 367 g/mol. The predicted molar refractivity (Wildman–Crippen MR) is 99.8 cm³/mol. The summed E-state index contributed by atoms with van der Waals surface area (Å²) < 4.78 is 4.89. The molecule has 1 heterocycles. The first-order valence-corrected chi connectivity index (χ1v) is 9.25. The van der Waals surface area contributed by atoms with Crippen LogP contribution in [0.25, 0.3) is 0 Å². The molecule has 2 N–H and O–H groups in total. The van der Waals surface area contributed by atoms with Crippen molar-refractivity contribution < 1.29 is 14.3 Å². The molecular formula is C19H27ClN2O3. The fourth-order valence-electron chi connectivity index (χ4n) is 3.27. The van der Waals surface area contributed by atoms with E-state index < -0.39 is 0 Å². The van der Waals surface area contributed by atoms with Crippen LogP contribution in [0, 0.1) is 5.92 Å². The summed E-state index contributed by atoms with van der Waals surface area (Å²) in [4.78, 5) is 24.4. The van der Waals surface area contributed by atoms with E-state index in [0.29, 0.717) is 17.9 Å². The zero-order chi connectivity index (χ0) is 18.4. The van der Waals surface area contributed by atoms with Crippen molar-refractivity contribution in [2.75, 3.05) is 12.4 Å². The number of benzene rings is 1. The monoisotopic (exact) mass is 366 g/mol. The van der Waals surface area contributed by atoms with Crippen LogP contribution in [-0.2, 0) is 20.7 Å². The summed E-state index contributed by atoms with van der Waals surface area (Å²) in [5.41, 5.74) is 2.00. The zero-order valence-electron chi connectivity index (χ0n) is 15.1. The van der Waals surface area contributed by atoms with Gasteiger partial charge in [-0.3, -0.25) is 9.59 Å². The Hall–Kier alpha value is -1.75. The van der Waals surface area contributed by atoms with E-state index in [-0.39, 0.29) is 29.9 Å². The van der Waals surface area contributed by atoms with E-state index in [0.717, 1.165) is 30.5 Å².